The van der Waals surface area contributed by atoms with Gasteiger partial charge in [0.15, 0.2) is 0 Å². The molecule has 3 N–H and O–H groups in total. The third-order valence-corrected chi connectivity index (χ3v) is 2.61. The van der Waals surface area contributed by atoms with Crippen molar-refractivity contribution >= 4 is 23.2 Å². The number of benzene rings is 1. The predicted octanol–water partition coefficient (Wildman–Crippen LogP) is 1.63. The van der Waals surface area contributed by atoms with Crippen molar-refractivity contribution in [2.75, 3.05) is 5.32 Å². The van der Waals surface area contributed by atoms with E-state index in [4.69, 9.17) is 17.3 Å². The molecule has 2 rings (SSSR count). The van der Waals surface area contributed by atoms with Crippen molar-refractivity contribution in [3.63, 3.8) is 0 Å². The minimum atomic E-state index is -0.414. The van der Waals surface area contributed by atoms with Crippen LogP contribution in [0.15, 0.2) is 36.7 Å². The van der Waals surface area contributed by atoms with E-state index in [1.54, 1.807) is 12.4 Å². The molecule has 2 aromatic rings. The van der Waals surface area contributed by atoms with Crippen LogP contribution in [0.1, 0.15) is 5.56 Å². The SMILES string of the molecule is NC(=O)Cn1cc(NCc2ccc(Cl)cc2)cn1. The highest BCUT2D eigenvalue weighted by Gasteiger charge is 2.01. The van der Waals surface area contributed by atoms with Gasteiger partial charge in [-0.3, -0.25) is 9.48 Å². The molecule has 0 spiro atoms. The Balaban J connectivity index is 1.92. The summed E-state index contributed by atoms with van der Waals surface area (Å²) in [7, 11) is 0. The number of nitrogens with zero attached hydrogens (tertiary/aromatic N) is 2. The Hall–Kier alpha value is -2.01. The van der Waals surface area contributed by atoms with Gasteiger partial charge in [0.05, 0.1) is 11.9 Å². The molecule has 0 aliphatic heterocycles. The number of aromatic nitrogens is 2. The summed E-state index contributed by atoms with van der Waals surface area (Å²) < 4.78 is 1.49. The third-order valence-electron chi connectivity index (χ3n) is 2.36. The average molecular weight is 265 g/mol. The molecule has 1 aromatic carbocycles. The lowest BCUT2D eigenvalue weighted by Gasteiger charge is -2.03. The molecule has 1 amide bonds. The average Bonchev–Trinajstić information content (AvgIpc) is 2.75. The zero-order valence-corrected chi connectivity index (χ0v) is 10.4. The minimum Gasteiger partial charge on any atom is -0.378 e. The number of halogens is 1. The highest BCUT2D eigenvalue weighted by molar-refractivity contribution is 6.30. The van der Waals surface area contributed by atoms with Gasteiger partial charge < -0.3 is 11.1 Å². The van der Waals surface area contributed by atoms with E-state index < -0.39 is 5.91 Å². The summed E-state index contributed by atoms with van der Waals surface area (Å²) in [5.41, 5.74) is 7.03. The first-order valence-electron chi connectivity index (χ1n) is 5.42. The Kier molecular flexibility index (Phi) is 3.84. The molecule has 0 atom stereocenters. The molecule has 94 valence electrons. The lowest BCUT2D eigenvalue weighted by molar-refractivity contribution is -0.118. The van der Waals surface area contributed by atoms with Crippen LogP contribution in [0.5, 0.6) is 0 Å². The zero-order valence-electron chi connectivity index (χ0n) is 9.64. The number of amides is 1. The van der Waals surface area contributed by atoms with Crippen LogP contribution < -0.4 is 11.1 Å². The van der Waals surface area contributed by atoms with E-state index in [2.05, 4.69) is 10.4 Å². The van der Waals surface area contributed by atoms with Crippen LogP contribution in [-0.4, -0.2) is 15.7 Å². The van der Waals surface area contributed by atoms with E-state index >= 15 is 0 Å². The van der Waals surface area contributed by atoms with Gasteiger partial charge in [0.25, 0.3) is 0 Å². The first-order chi connectivity index (χ1) is 8.63. The number of carbonyl (C=O) groups is 1. The van der Waals surface area contributed by atoms with E-state index in [1.165, 1.54) is 4.68 Å². The molecule has 0 aliphatic rings. The second-order valence-electron chi connectivity index (χ2n) is 3.87. The highest BCUT2D eigenvalue weighted by atomic mass is 35.5. The van der Waals surface area contributed by atoms with Gasteiger partial charge in [-0.05, 0) is 17.7 Å². The van der Waals surface area contributed by atoms with Crippen molar-refractivity contribution in [1.29, 1.82) is 0 Å². The van der Waals surface area contributed by atoms with Crippen LogP contribution in [0.4, 0.5) is 5.69 Å². The monoisotopic (exact) mass is 264 g/mol. The molecule has 0 aliphatic carbocycles. The van der Waals surface area contributed by atoms with Crippen molar-refractivity contribution < 1.29 is 4.79 Å². The molecule has 0 fully saturated rings. The maximum atomic E-state index is 10.7. The first kappa shape index (κ1) is 12.4. The number of hydrogen-bond donors (Lipinski definition) is 2. The molecule has 0 radical (unpaired) electrons. The first-order valence-corrected chi connectivity index (χ1v) is 5.80. The zero-order chi connectivity index (χ0) is 13.0. The molecule has 18 heavy (non-hydrogen) atoms. The van der Waals surface area contributed by atoms with E-state index in [9.17, 15) is 4.79 Å². The normalized spacial score (nSPS) is 10.3. The molecule has 0 bridgehead atoms. The molecule has 0 unspecified atom stereocenters. The van der Waals surface area contributed by atoms with Crippen molar-refractivity contribution in [2.24, 2.45) is 5.73 Å². The minimum absolute atomic E-state index is 0.0859. The Morgan fingerprint density at radius 1 is 1.39 bits per heavy atom. The lowest BCUT2D eigenvalue weighted by Crippen LogP contribution is -2.18. The fourth-order valence-electron chi connectivity index (χ4n) is 1.51. The van der Waals surface area contributed by atoms with Crippen molar-refractivity contribution in [1.82, 2.24) is 9.78 Å². The van der Waals surface area contributed by atoms with Crippen LogP contribution in [0.2, 0.25) is 5.02 Å². The Bertz CT molecular complexity index is 535. The maximum Gasteiger partial charge on any atom is 0.239 e. The lowest BCUT2D eigenvalue weighted by atomic mass is 10.2. The van der Waals surface area contributed by atoms with Crippen LogP contribution >= 0.6 is 11.6 Å². The molecular weight excluding hydrogens is 252 g/mol. The molecule has 0 saturated carbocycles. The maximum absolute atomic E-state index is 10.7. The van der Waals surface area contributed by atoms with Crippen molar-refractivity contribution in [2.45, 2.75) is 13.1 Å². The summed E-state index contributed by atoms with van der Waals surface area (Å²) in [6.45, 7) is 0.752. The molecule has 5 nitrogen and oxygen atoms in total. The van der Waals surface area contributed by atoms with Gasteiger partial charge in [-0.15, -0.1) is 0 Å². The van der Waals surface area contributed by atoms with E-state index in [0.717, 1.165) is 11.3 Å². The highest BCUT2D eigenvalue weighted by Crippen LogP contribution is 2.11. The number of primary amides is 1. The largest absolute Gasteiger partial charge is 0.378 e. The second kappa shape index (κ2) is 5.55. The van der Waals surface area contributed by atoms with Crippen molar-refractivity contribution in [3.05, 3.63) is 47.2 Å². The van der Waals surface area contributed by atoms with E-state index in [0.29, 0.717) is 11.6 Å². The van der Waals surface area contributed by atoms with Crippen LogP contribution in [0.25, 0.3) is 0 Å². The summed E-state index contributed by atoms with van der Waals surface area (Å²) in [5.74, 6) is -0.414. The Morgan fingerprint density at radius 2 is 2.11 bits per heavy atom. The number of hydrogen-bond acceptors (Lipinski definition) is 3. The van der Waals surface area contributed by atoms with Crippen LogP contribution in [0, 0.1) is 0 Å². The number of carbonyl (C=O) groups excluding carboxylic acids is 1. The fraction of sp³-hybridized carbons (Fsp3) is 0.167. The standard InChI is InChI=1S/C12H13ClN4O/c13-10-3-1-9(2-4-10)5-15-11-6-16-17(7-11)8-12(14)18/h1-4,6-7,15H,5,8H2,(H2,14,18). The molecule has 0 saturated heterocycles. The summed E-state index contributed by atoms with van der Waals surface area (Å²) >= 11 is 5.80. The summed E-state index contributed by atoms with van der Waals surface area (Å²) in [6.07, 6.45) is 3.39. The van der Waals surface area contributed by atoms with Crippen molar-refractivity contribution in [3.8, 4) is 0 Å². The number of rotatable bonds is 5. The number of nitrogens with two attached hydrogens (primary N) is 1. The Morgan fingerprint density at radius 3 is 2.78 bits per heavy atom. The third kappa shape index (κ3) is 3.49. The number of anilines is 1. The molecular formula is C12H13ClN4O. The topological polar surface area (TPSA) is 72.9 Å². The van der Waals surface area contributed by atoms with Gasteiger partial charge in [-0.2, -0.15) is 5.10 Å². The van der Waals surface area contributed by atoms with Crippen LogP contribution in [-0.2, 0) is 17.9 Å². The van der Waals surface area contributed by atoms with E-state index in [1.807, 2.05) is 24.3 Å². The molecule has 1 aromatic heterocycles. The summed E-state index contributed by atoms with van der Waals surface area (Å²) in [6, 6.07) is 7.58. The van der Waals surface area contributed by atoms with Gasteiger partial charge in [0.2, 0.25) is 5.91 Å². The molecule has 1 heterocycles. The summed E-state index contributed by atoms with van der Waals surface area (Å²) in [5, 5.41) is 7.93. The summed E-state index contributed by atoms with van der Waals surface area (Å²) in [4.78, 5) is 10.7. The quantitative estimate of drug-likeness (QED) is 0.862. The predicted molar refractivity (Wildman–Crippen MR) is 70.2 cm³/mol. The fourth-order valence-corrected chi connectivity index (χ4v) is 1.63. The smallest absolute Gasteiger partial charge is 0.239 e. The van der Waals surface area contributed by atoms with Gasteiger partial charge in [-0.25, -0.2) is 0 Å². The van der Waals surface area contributed by atoms with Gasteiger partial charge in [0, 0.05) is 17.8 Å². The van der Waals surface area contributed by atoms with Crippen LogP contribution in [0.3, 0.4) is 0 Å². The van der Waals surface area contributed by atoms with Gasteiger partial charge in [-0.1, -0.05) is 23.7 Å². The van der Waals surface area contributed by atoms with Gasteiger partial charge in [0.1, 0.15) is 6.54 Å². The van der Waals surface area contributed by atoms with Gasteiger partial charge >= 0.3 is 0 Å². The second-order valence-corrected chi connectivity index (χ2v) is 4.31. The van der Waals surface area contributed by atoms with E-state index in [-0.39, 0.29) is 6.54 Å². The molecule has 6 heteroatoms. The Labute approximate surface area is 110 Å². The number of nitrogens with one attached hydrogen (secondary N) is 1.